The van der Waals surface area contributed by atoms with Gasteiger partial charge in [0, 0.05) is 12.3 Å². The number of rotatable bonds is 2. The Morgan fingerprint density at radius 1 is 1.83 bits per heavy atom. The molecule has 0 rings (SSSR count). The lowest BCUT2D eigenvalue weighted by Crippen LogP contribution is -2.15. The van der Waals surface area contributed by atoms with Gasteiger partial charge in [0.2, 0.25) is 0 Å². The van der Waals surface area contributed by atoms with E-state index < -0.39 is 6.17 Å². The van der Waals surface area contributed by atoms with Crippen molar-refractivity contribution in [3.8, 4) is 0 Å². The first-order valence-corrected chi connectivity index (χ1v) is 2.39. The molecule has 0 aliphatic heterocycles. The molecular weight excluding hydrogens is 101 g/mol. The quantitative estimate of drug-likeness (QED) is 0.487. The minimum Gasteiger partial charge on any atom is -0.328 e. The molecule has 0 aliphatic carbocycles. The summed E-state index contributed by atoms with van der Waals surface area (Å²) >= 11 is 3.64. The van der Waals surface area contributed by atoms with Gasteiger partial charge in [-0.05, 0) is 0 Å². The second-order valence-corrected chi connectivity index (χ2v) is 1.38. The van der Waals surface area contributed by atoms with E-state index in [1.165, 1.54) is 0 Å². The van der Waals surface area contributed by atoms with Gasteiger partial charge in [0.25, 0.3) is 0 Å². The molecule has 3 heteroatoms. The summed E-state index contributed by atoms with van der Waals surface area (Å²) < 4.78 is 11.7. The molecule has 0 bridgehead atoms. The fraction of sp³-hybridized carbons (Fsp3) is 1.00. The van der Waals surface area contributed by atoms with Gasteiger partial charge in [0.1, 0.15) is 6.17 Å². The molecule has 0 amide bonds. The van der Waals surface area contributed by atoms with Gasteiger partial charge in [-0.25, -0.2) is 4.39 Å². The molecule has 1 atom stereocenters. The Morgan fingerprint density at radius 3 is 2.33 bits per heavy atom. The molecular formula is C3H8FNS. The summed E-state index contributed by atoms with van der Waals surface area (Å²) in [4.78, 5) is 0. The predicted octanol–water partition coefficient (Wildman–Crippen LogP) is 0.213. The topological polar surface area (TPSA) is 26.0 Å². The van der Waals surface area contributed by atoms with E-state index in [2.05, 4.69) is 12.6 Å². The molecule has 0 saturated heterocycles. The standard InChI is InChI=1S/C3H8FNS/c4-3(1-5)2-6/h3,6H,1-2,5H2/t3-/m1/s1. The molecule has 0 unspecified atom stereocenters. The molecule has 0 fully saturated rings. The van der Waals surface area contributed by atoms with E-state index in [0.717, 1.165) is 0 Å². The molecule has 0 aromatic rings. The molecule has 0 radical (unpaired) electrons. The first-order valence-electron chi connectivity index (χ1n) is 1.76. The van der Waals surface area contributed by atoms with Gasteiger partial charge in [0.15, 0.2) is 0 Å². The van der Waals surface area contributed by atoms with Crippen molar-refractivity contribution in [3.05, 3.63) is 0 Å². The molecule has 0 saturated carbocycles. The van der Waals surface area contributed by atoms with E-state index in [1.807, 2.05) is 0 Å². The van der Waals surface area contributed by atoms with Crippen LogP contribution < -0.4 is 5.73 Å². The Bertz CT molecular complexity index is 30.0. The van der Waals surface area contributed by atoms with Crippen LogP contribution in [0.1, 0.15) is 0 Å². The van der Waals surface area contributed by atoms with Crippen LogP contribution in [0.2, 0.25) is 0 Å². The first-order chi connectivity index (χ1) is 2.81. The van der Waals surface area contributed by atoms with Gasteiger partial charge in [-0.2, -0.15) is 12.6 Å². The number of nitrogens with two attached hydrogens (primary N) is 1. The number of hydrogen-bond acceptors (Lipinski definition) is 2. The molecule has 0 aliphatic rings. The summed E-state index contributed by atoms with van der Waals surface area (Å²) in [5, 5.41) is 0. The van der Waals surface area contributed by atoms with Gasteiger partial charge in [-0.1, -0.05) is 0 Å². The largest absolute Gasteiger partial charge is 0.328 e. The highest BCUT2D eigenvalue weighted by atomic mass is 32.1. The Balaban J connectivity index is 2.75. The van der Waals surface area contributed by atoms with Crippen molar-refractivity contribution in [3.63, 3.8) is 0 Å². The smallest absolute Gasteiger partial charge is 0.121 e. The van der Waals surface area contributed by atoms with Crippen LogP contribution in [0.5, 0.6) is 0 Å². The van der Waals surface area contributed by atoms with Crippen LogP contribution in [0.15, 0.2) is 0 Å². The van der Waals surface area contributed by atoms with Crippen molar-refractivity contribution in [2.45, 2.75) is 6.17 Å². The Hall–Kier alpha value is 0.240. The Kier molecular flexibility index (Phi) is 3.57. The molecule has 0 spiro atoms. The van der Waals surface area contributed by atoms with Crippen LogP contribution in [0.3, 0.4) is 0 Å². The second kappa shape index (κ2) is 3.43. The number of alkyl halides is 1. The van der Waals surface area contributed by atoms with Gasteiger partial charge in [-0.3, -0.25) is 0 Å². The van der Waals surface area contributed by atoms with Gasteiger partial charge < -0.3 is 5.73 Å². The SMILES string of the molecule is NC[C@@H](F)CS. The Morgan fingerprint density at radius 2 is 2.33 bits per heavy atom. The normalized spacial score (nSPS) is 14.5. The molecule has 0 heterocycles. The lowest BCUT2D eigenvalue weighted by molar-refractivity contribution is 0.377. The highest BCUT2D eigenvalue weighted by Gasteiger charge is 1.95. The summed E-state index contributed by atoms with van der Waals surface area (Å²) in [6, 6.07) is 0. The molecule has 2 N–H and O–H groups in total. The van der Waals surface area contributed by atoms with Crippen molar-refractivity contribution >= 4 is 12.6 Å². The van der Waals surface area contributed by atoms with Crippen LogP contribution in [-0.2, 0) is 0 Å². The molecule has 38 valence electrons. The maximum absolute atomic E-state index is 11.7. The average molecular weight is 109 g/mol. The Labute approximate surface area is 42.1 Å². The zero-order chi connectivity index (χ0) is 4.99. The third-order valence-electron chi connectivity index (χ3n) is 0.454. The van der Waals surface area contributed by atoms with Gasteiger partial charge in [0.05, 0.1) is 0 Å². The number of thiol groups is 1. The van der Waals surface area contributed by atoms with Crippen molar-refractivity contribution in [1.82, 2.24) is 0 Å². The lowest BCUT2D eigenvalue weighted by atomic mass is 10.5. The van der Waals surface area contributed by atoms with E-state index in [4.69, 9.17) is 5.73 Å². The summed E-state index contributed by atoms with van der Waals surface area (Å²) in [5.74, 6) is 0.233. The number of hydrogen-bond donors (Lipinski definition) is 2. The van der Waals surface area contributed by atoms with Crippen LogP contribution in [-0.4, -0.2) is 18.5 Å². The lowest BCUT2D eigenvalue weighted by Gasteiger charge is -1.94. The molecule has 6 heavy (non-hydrogen) atoms. The third kappa shape index (κ3) is 2.48. The van der Waals surface area contributed by atoms with E-state index >= 15 is 0 Å². The van der Waals surface area contributed by atoms with E-state index in [-0.39, 0.29) is 12.3 Å². The van der Waals surface area contributed by atoms with Gasteiger partial charge in [-0.15, -0.1) is 0 Å². The van der Waals surface area contributed by atoms with E-state index in [9.17, 15) is 4.39 Å². The molecule has 1 nitrogen and oxygen atoms in total. The third-order valence-corrected chi connectivity index (χ3v) is 0.850. The zero-order valence-electron chi connectivity index (χ0n) is 3.39. The maximum atomic E-state index is 11.7. The average Bonchev–Trinajstić information content (AvgIpc) is 1.65. The van der Waals surface area contributed by atoms with Crippen LogP contribution >= 0.6 is 12.6 Å². The van der Waals surface area contributed by atoms with Crippen molar-refractivity contribution in [2.75, 3.05) is 12.3 Å². The first kappa shape index (κ1) is 6.24. The highest BCUT2D eigenvalue weighted by molar-refractivity contribution is 7.80. The summed E-state index contributed by atoms with van der Waals surface area (Å²) in [6.07, 6.45) is -0.923. The summed E-state index contributed by atoms with van der Waals surface area (Å²) in [7, 11) is 0. The fourth-order valence-corrected chi connectivity index (χ4v) is 0.224. The predicted molar refractivity (Wildman–Crippen MR) is 27.8 cm³/mol. The van der Waals surface area contributed by atoms with Crippen LogP contribution in [0.25, 0.3) is 0 Å². The maximum Gasteiger partial charge on any atom is 0.121 e. The van der Waals surface area contributed by atoms with Crippen LogP contribution in [0, 0.1) is 0 Å². The minimum atomic E-state index is -0.923. The second-order valence-electron chi connectivity index (χ2n) is 1.02. The minimum absolute atomic E-state index is 0.0868. The highest BCUT2D eigenvalue weighted by Crippen LogP contribution is 1.87. The molecule has 0 aromatic carbocycles. The zero-order valence-corrected chi connectivity index (χ0v) is 4.29. The van der Waals surface area contributed by atoms with Crippen molar-refractivity contribution in [1.29, 1.82) is 0 Å². The monoisotopic (exact) mass is 109 g/mol. The summed E-state index contributed by atoms with van der Waals surface area (Å²) in [6.45, 7) is 0.0868. The van der Waals surface area contributed by atoms with Crippen molar-refractivity contribution < 1.29 is 4.39 Å². The van der Waals surface area contributed by atoms with E-state index in [0.29, 0.717) is 0 Å². The van der Waals surface area contributed by atoms with Crippen molar-refractivity contribution in [2.24, 2.45) is 5.73 Å². The summed E-state index contributed by atoms with van der Waals surface area (Å²) in [5.41, 5.74) is 4.86. The fourth-order valence-electron chi connectivity index (χ4n) is 0.0745. The number of halogens is 1. The van der Waals surface area contributed by atoms with E-state index in [1.54, 1.807) is 0 Å². The molecule has 0 aromatic heterocycles. The van der Waals surface area contributed by atoms with Crippen LogP contribution in [0.4, 0.5) is 4.39 Å². The van der Waals surface area contributed by atoms with Gasteiger partial charge >= 0.3 is 0 Å².